The molecule has 48 heavy (non-hydrogen) atoms. The van der Waals surface area contributed by atoms with Crippen LogP contribution in [0.15, 0.2) is 82.5 Å². The van der Waals surface area contributed by atoms with Gasteiger partial charge in [-0.1, -0.05) is 72.5 Å². The topological polar surface area (TPSA) is 120 Å². The molecule has 0 aliphatic carbocycles. The van der Waals surface area contributed by atoms with Crippen LogP contribution in [0.25, 0.3) is 43.1 Å². The molecule has 0 saturated carbocycles. The van der Waals surface area contributed by atoms with Gasteiger partial charge in [-0.2, -0.15) is 0 Å². The van der Waals surface area contributed by atoms with Crippen molar-refractivity contribution in [2.75, 3.05) is 13.2 Å². The lowest BCUT2D eigenvalue weighted by atomic mass is 9.88. The van der Waals surface area contributed by atoms with Gasteiger partial charge in [0.15, 0.2) is 6.73 Å². The van der Waals surface area contributed by atoms with Crippen molar-refractivity contribution in [1.82, 2.24) is 14.5 Å². The largest absolute Gasteiger partial charge is 0.443 e. The maximum Gasteiger partial charge on any atom is 0.334 e. The van der Waals surface area contributed by atoms with Crippen molar-refractivity contribution >= 4 is 55.0 Å². The Labute approximate surface area is 277 Å². The highest BCUT2D eigenvalue weighted by molar-refractivity contribution is 6.33. The molecule has 0 fully saturated rings. The van der Waals surface area contributed by atoms with Crippen LogP contribution < -0.4 is 16.6 Å². The van der Waals surface area contributed by atoms with Crippen molar-refractivity contribution in [1.29, 1.82) is 0 Å². The molecule has 0 unspecified atom stereocenters. The zero-order valence-electron chi connectivity index (χ0n) is 27.3. The predicted octanol–water partition coefficient (Wildman–Crippen LogP) is 5.29. The average molecular weight is 644 g/mol. The maximum atomic E-state index is 13.6. The Morgan fingerprint density at radius 1 is 0.792 bits per heavy atom. The summed E-state index contributed by atoms with van der Waals surface area (Å²) < 4.78 is 7.23. The number of amides is 1. The van der Waals surface area contributed by atoms with Crippen LogP contribution in [-0.4, -0.2) is 39.3 Å². The lowest BCUT2D eigenvalue weighted by Gasteiger charge is -2.17. The van der Waals surface area contributed by atoms with Gasteiger partial charge >= 0.3 is 11.7 Å². The number of aromatic nitrogens is 2. The van der Waals surface area contributed by atoms with E-state index in [0.717, 1.165) is 47.9 Å². The molecule has 0 aliphatic heterocycles. The SMILES string of the molecule is CC(C)(C)C(=O)OCn1c(=O)c(C#Cc2ccc3c4cccc5cccc(c6cccc2c63)c54)cn(CC(=O)NCCCCCO)c1=O. The minimum atomic E-state index is -0.851. The molecule has 1 heterocycles. The number of fused-ring (bicyclic) bond motifs is 2. The molecule has 9 heteroatoms. The van der Waals surface area contributed by atoms with Crippen LogP contribution in [0.2, 0.25) is 0 Å². The van der Waals surface area contributed by atoms with Crippen LogP contribution in [0.1, 0.15) is 51.2 Å². The van der Waals surface area contributed by atoms with Gasteiger partial charge in [0, 0.05) is 24.9 Å². The van der Waals surface area contributed by atoms with Crippen LogP contribution in [0.4, 0.5) is 0 Å². The third-order valence-corrected chi connectivity index (χ3v) is 8.50. The number of carbonyl (C=O) groups is 2. The highest BCUT2D eigenvalue weighted by Gasteiger charge is 2.24. The van der Waals surface area contributed by atoms with Crippen LogP contribution >= 0.6 is 0 Å². The summed E-state index contributed by atoms with van der Waals surface area (Å²) in [6, 6.07) is 22.7. The minimum Gasteiger partial charge on any atom is -0.443 e. The first kappa shape index (κ1) is 32.5. The third-order valence-electron chi connectivity index (χ3n) is 8.50. The number of ether oxygens (including phenoxy) is 1. The van der Waals surface area contributed by atoms with E-state index >= 15 is 0 Å². The Morgan fingerprint density at radius 2 is 1.42 bits per heavy atom. The highest BCUT2D eigenvalue weighted by atomic mass is 16.5. The first-order valence-corrected chi connectivity index (χ1v) is 16.1. The van der Waals surface area contributed by atoms with Crippen molar-refractivity contribution in [2.45, 2.75) is 53.3 Å². The van der Waals surface area contributed by atoms with Gasteiger partial charge in [-0.3, -0.25) is 19.0 Å². The Kier molecular flexibility index (Phi) is 9.03. The Bertz CT molecular complexity index is 2320. The average Bonchev–Trinajstić information content (AvgIpc) is 3.07. The molecular formula is C39H37N3O6. The summed E-state index contributed by atoms with van der Waals surface area (Å²) in [7, 11) is 0. The summed E-state index contributed by atoms with van der Waals surface area (Å²) in [5.41, 5.74) is -1.69. The van der Waals surface area contributed by atoms with Crippen molar-refractivity contribution in [3.63, 3.8) is 0 Å². The van der Waals surface area contributed by atoms with E-state index in [2.05, 4.69) is 65.7 Å². The smallest absolute Gasteiger partial charge is 0.334 e. The number of unbranched alkanes of at least 4 members (excludes halogenated alkanes) is 2. The maximum absolute atomic E-state index is 13.6. The molecule has 0 atom stereocenters. The first-order valence-electron chi connectivity index (χ1n) is 16.1. The monoisotopic (exact) mass is 643 g/mol. The molecule has 0 radical (unpaired) electrons. The standard InChI is InChI=1S/C39H37N3O6/c1-39(2,3)37(46)48-24-42-36(45)27(22-41(38(42)47)23-33(44)40-20-5-4-6-21-43)17-16-25-18-19-32-30-14-8-11-26-10-7-13-29(34(26)30)31-15-9-12-28(25)35(31)32/h7-15,18-19,22,43H,4-6,20-21,23-24H2,1-3H3,(H,40,44). The van der Waals surface area contributed by atoms with Gasteiger partial charge in [-0.05, 0) is 89.2 Å². The predicted molar refractivity (Wildman–Crippen MR) is 188 cm³/mol. The van der Waals surface area contributed by atoms with Crippen LogP contribution in [0.5, 0.6) is 0 Å². The number of nitrogens with zero attached hydrogens (tertiary/aromatic N) is 2. The number of aliphatic hydroxyl groups excluding tert-OH is 1. The molecule has 0 aliphatic rings. The fourth-order valence-electron chi connectivity index (χ4n) is 6.05. The quantitative estimate of drug-likeness (QED) is 0.0727. The Balaban J connectivity index is 1.42. The Morgan fingerprint density at radius 3 is 2.10 bits per heavy atom. The third kappa shape index (κ3) is 6.27. The second kappa shape index (κ2) is 13.3. The molecule has 244 valence electrons. The molecule has 6 rings (SSSR count). The van der Waals surface area contributed by atoms with Crippen molar-refractivity contribution < 1.29 is 19.4 Å². The van der Waals surface area contributed by atoms with Crippen LogP contribution in [-0.2, 0) is 27.6 Å². The molecule has 5 aromatic carbocycles. The van der Waals surface area contributed by atoms with E-state index in [1.807, 2.05) is 18.2 Å². The molecule has 9 nitrogen and oxygen atoms in total. The number of esters is 1. The number of aliphatic hydroxyl groups is 1. The zero-order valence-corrected chi connectivity index (χ0v) is 27.3. The number of benzene rings is 5. The normalized spacial score (nSPS) is 11.7. The summed E-state index contributed by atoms with van der Waals surface area (Å²) in [6.45, 7) is 4.50. The van der Waals surface area contributed by atoms with Crippen molar-refractivity contribution in [3.8, 4) is 11.8 Å². The highest BCUT2D eigenvalue weighted by Crippen LogP contribution is 2.40. The number of hydrogen-bond acceptors (Lipinski definition) is 6. The zero-order chi connectivity index (χ0) is 34.0. The number of hydrogen-bond donors (Lipinski definition) is 2. The summed E-state index contributed by atoms with van der Waals surface area (Å²) in [6.07, 6.45) is 3.35. The van der Waals surface area contributed by atoms with Gasteiger partial charge in [-0.25, -0.2) is 9.36 Å². The van der Waals surface area contributed by atoms with E-state index in [1.165, 1.54) is 17.0 Å². The summed E-state index contributed by atoms with van der Waals surface area (Å²) in [5.74, 6) is 5.12. The van der Waals surface area contributed by atoms with Gasteiger partial charge < -0.3 is 15.2 Å². The summed E-state index contributed by atoms with van der Waals surface area (Å²) in [4.78, 5) is 52.2. The van der Waals surface area contributed by atoms with E-state index in [9.17, 15) is 19.2 Å². The molecule has 0 bridgehead atoms. The summed E-state index contributed by atoms with van der Waals surface area (Å²) >= 11 is 0. The van der Waals surface area contributed by atoms with E-state index in [1.54, 1.807) is 20.8 Å². The molecule has 1 amide bonds. The lowest BCUT2D eigenvalue weighted by molar-refractivity contribution is -0.157. The van der Waals surface area contributed by atoms with Gasteiger partial charge in [-0.15, -0.1) is 0 Å². The van der Waals surface area contributed by atoms with Crippen molar-refractivity contribution in [3.05, 3.63) is 105 Å². The fraction of sp³-hybridized carbons (Fsp3) is 0.282. The van der Waals surface area contributed by atoms with Crippen molar-refractivity contribution in [2.24, 2.45) is 5.41 Å². The number of carbonyl (C=O) groups excluding carboxylic acids is 2. The van der Waals surface area contributed by atoms with Gasteiger partial charge in [0.1, 0.15) is 12.1 Å². The van der Waals surface area contributed by atoms with Gasteiger partial charge in [0.2, 0.25) is 5.91 Å². The van der Waals surface area contributed by atoms with E-state index in [4.69, 9.17) is 9.84 Å². The molecule has 1 aromatic heterocycles. The van der Waals surface area contributed by atoms with E-state index in [0.29, 0.717) is 24.9 Å². The van der Waals surface area contributed by atoms with Crippen LogP contribution in [0.3, 0.4) is 0 Å². The second-order valence-corrected chi connectivity index (χ2v) is 13.0. The summed E-state index contributed by atoms with van der Waals surface area (Å²) in [5, 5.41) is 20.6. The van der Waals surface area contributed by atoms with E-state index < -0.39 is 35.3 Å². The first-order chi connectivity index (χ1) is 23.1. The fourth-order valence-corrected chi connectivity index (χ4v) is 6.05. The van der Waals surface area contributed by atoms with E-state index in [-0.39, 0.29) is 18.7 Å². The minimum absolute atomic E-state index is 0.0206. The van der Waals surface area contributed by atoms with Gasteiger partial charge in [0.05, 0.1) is 5.41 Å². The Hall–Kier alpha value is -5.46. The van der Waals surface area contributed by atoms with Crippen LogP contribution in [0, 0.1) is 17.3 Å². The lowest BCUT2D eigenvalue weighted by Crippen LogP contribution is -2.44. The number of nitrogens with one attached hydrogen (secondary N) is 1. The van der Waals surface area contributed by atoms with Gasteiger partial charge in [0.25, 0.3) is 5.56 Å². The number of rotatable bonds is 9. The molecule has 0 saturated heterocycles. The second-order valence-electron chi connectivity index (χ2n) is 13.0. The molecular weight excluding hydrogens is 606 g/mol. The molecule has 6 aromatic rings. The molecule has 0 spiro atoms. The molecule has 2 N–H and O–H groups in total.